The molecule has 0 saturated carbocycles. The van der Waals surface area contributed by atoms with Gasteiger partial charge in [0.25, 0.3) is 0 Å². The minimum Gasteiger partial charge on any atom is -0.488 e. The molecule has 0 aliphatic carbocycles. The van der Waals surface area contributed by atoms with Crippen molar-refractivity contribution in [3.8, 4) is 16.2 Å². The Morgan fingerprint density at radius 2 is 1.79 bits per heavy atom. The summed E-state index contributed by atoms with van der Waals surface area (Å²) in [7, 11) is 0. The van der Waals surface area contributed by atoms with E-state index in [1.54, 1.807) is 32.4 Å². The van der Waals surface area contributed by atoms with Crippen LogP contribution in [0.25, 0.3) is 10.4 Å². The number of nitrogens with zero attached hydrogens (tertiary/aromatic N) is 5. The molecule has 22 heteroatoms. The summed E-state index contributed by atoms with van der Waals surface area (Å²) in [6.45, 7) is 10.1. The van der Waals surface area contributed by atoms with E-state index < -0.39 is 101 Å². The van der Waals surface area contributed by atoms with E-state index in [2.05, 4.69) is 15.6 Å². The average Bonchev–Trinajstić information content (AvgIpc) is 4.05. The van der Waals surface area contributed by atoms with Gasteiger partial charge in [0.1, 0.15) is 36.7 Å². The lowest BCUT2D eigenvalue weighted by atomic mass is 9.85. The smallest absolute Gasteiger partial charge is 0.247 e. The summed E-state index contributed by atoms with van der Waals surface area (Å²) in [5.74, 6) is -5.25. The highest BCUT2D eigenvalue weighted by Crippen LogP contribution is 2.33. The van der Waals surface area contributed by atoms with Gasteiger partial charge in [-0.25, -0.2) is 13.8 Å². The van der Waals surface area contributed by atoms with Gasteiger partial charge in [0.15, 0.2) is 11.6 Å². The Kier molecular flexibility index (Phi) is 19.4. The maximum absolute atomic E-state index is 16.1. The molecular formula is C50H66ClF2N9O9S. The van der Waals surface area contributed by atoms with Crippen molar-refractivity contribution in [3.05, 3.63) is 82.1 Å². The number of carbonyl (C=O) groups excluding carboxylic acids is 7. The van der Waals surface area contributed by atoms with Gasteiger partial charge in [-0.05, 0) is 61.3 Å². The monoisotopic (exact) mass is 1040 g/mol. The Bertz CT molecular complexity index is 2510. The minimum absolute atomic E-state index is 0. The molecule has 3 aliphatic rings. The molecular weight excluding hydrogens is 976 g/mol. The van der Waals surface area contributed by atoms with E-state index in [1.807, 2.05) is 38.1 Å². The molecule has 2 aromatic carbocycles. The first-order valence-corrected chi connectivity index (χ1v) is 24.7. The number of halogens is 3. The van der Waals surface area contributed by atoms with Crippen LogP contribution in [0.1, 0.15) is 102 Å². The number of primary amides is 1. The average molecular weight is 1040 g/mol. The van der Waals surface area contributed by atoms with Crippen LogP contribution in [0.3, 0.4) is 0 Å². The third-order valence-corrected chi connectivity index (χ3v) is 14.2. The summed E-state index contributed by atoms with van der Waals surface area (Å²) >= 11 is 1.54. The number of fused-ring (bicyclic) bond motifs is 1. The van der Waals surface area contributed by atoms with Crippen molar-refractivity contribution < 1.29 is 52.2 Å². The van der Waals surface area contributed by atoms with Gasteiger partial charge in [0, 0.05) is 70.4 Å². The molecule has 4 heterocycles. The molecule has 7 amide bonds. The largest absolute Gasteiger partial charge is 0.488 e. The predicted octanol–water partition coefficient (Wildman–Crippen LogP) is 4.00. The lowest BCUT2D eigenvalue weighted by Gasteiger charge is -2.41. The second-order valence-corrected chi connectivity index (χ2v) is 20.4. The number of ether oxygens (including phenoxy) is 1. The van der Waals surface area contributed by atoms with Gasteiger partial charge in [-0.3, -0.25) is 38.5 Å². The lowest BCUT2D eigenvalue weighted by molar-refractivity contribution is -0.144. The molecule has 2 fully saturated rings. The Morgan fingerprint density at radius 1 is 1.08 bits per heavy atom. The Hall–Kier alpha value is -6.03. The number of β-amino-alcohol motifs (C(OH)–C–C–N with tert-alkyl or cyclic N) is 1. The number of hydrogen-bond acceptors (Lipinski definition) is 12. The number of aliphatic hydroxyl groups excluding tert-OH is 1. The summed E-state index contributed by atoms with van der Waals surface area (Å²) in [6.07, 6.45) is 0.388. The predicted molar refractivity (Wildman–Crippen MR) is 267 cm³/mol. The number of thiazole rings is 1. The van der Waals surface area contributed by atoms with Crippen LogP contribution in [-0.4, -0.2) is 134 Å². The van der Waals surface area contributed by atoms with Gasteiger partial charge in [-0.2, -0.15) is 0 Å². The highest BCUT2D eigenvalue weighted by Gasteiger charge is 2.45. The first-order valence-electron chi connectivity index (χ1n) is 23.8. The molecule has 3 aliphatic heterocycles. The zero-order valence-corrected chi connectivity index (χ0v) is 43.0. The van der Waals surface area contributed by atoms with Crippen LogP contribution in [0.4, 0.5) is 8.78 Å². The van der Waals surface area contributed by atoms with Crippen molar-refractivity contribution in [2.75, 3.05) is 26.2 Å². The van der Waals surface area contributed by atoms with Crippen molar-refractivity contribution in [3.63, 3.8) is 0 Å². The van der Waals surface area contributed by atoms with Crippen LogP contribution < -0.4 is 26.8 Å². The zero-order valence-electron chi connectivity index (χ0n) is 41.4. The number of benzene rings is 2. The van der Waals surface area contributed by atoms with Gasteiger partial charge >= 0.3 is 0 Å². The molecule has 72 heavy (non-hydrogen) atoms. The fourth-order valence-electron chi connectivity index (χ4n) is 9.33. The molecule has 392 valence electrons. The fourth-order valence-corrected chi connectivity index (χ4v) is 10.1. The summed E-state index contributed by atoms with van der Waals surface area (Å²) in [5, 5.41) is 16.5. The first kappa shape index (κ1) is 56.9. The SMILES string of the molecule is CC(=O)N1CCC2=CC[C@@H](N(C=O)[C@@H](CCC(N)=O)COc3cc(F)cc(CCCC(=O)N[C@H](C(=O)N4C[C@H](O)C[C@H]4C(=O)N[C@@H](C)c4ccc(-c5scnc5C)cc4)C(C)(C)C)c3F)N2C(=O)[C@@H](N)C1.Cl. The lowest BCUT2D eigenvalue weighted by Crippen LogP contribution is -2.59. The number of nitrogens with one attached hydrogen (secondary N) is 2. The van der Waals surface area contributed by atoms with E-state index >= 15 is 8.78 Å². The minimum atomic E-state index is -1.11. The van der Waals surface area contributed by atoms with Crippen molar-refractivity contribution in [2.45, 2.75) is 135 Å². The number of amides is 7. The number of carbonyl (C=O) groups is 7. The van der Waals surface area contributed by atoms with Crippen LogP contribution in [0, 0.1) is 24.0 Å². The molecule has 2 saturated heterocycles. The highest BCUT2D eigenvalue weighted by atomic mass is 35.5. The molecule has 0 spiro atoms. The van der Waals surface area contributed by atoms with Crippen molar-refractivity contribution >= 4 is 65.6 Å². The molecule has 7 N–H and O–H groups in total. The fraction of sp³-hybridized carbons (Fsp3) is 0.520. The summed E-state index contributed by atoms with van der Waals surface area (Å²) in [6, 6.07) is 4.97. The van der Waals surface area contributed by atoms with Crippen LogP contribution >= 0.6 is 23.7 Å². The number of likely N-dealkylation sites (tertiary alicyclic amines) is 1. The number of aromatic nitrogens is 1. The van der Waals surface area contributed by atoms with Crippen LogP contribution in [0.2, 0.25) is 0 Å². The molecule has 3 aromatic rings. The Labute approximate surface area is 428 Å². The summed E-state index contributed by atoms with van der Waals surface area (Å²) in [5.41, 5.74) is 15.9. The van der Waals surface area contributed by atoms with Crippen LogP contribution in [0.15, 0.2) is 53.7 Å². The number of hydrogen-bond donors (Lipinski definition) is 5. The number of rotatable bonds is 19. The van der Waals surface area contributed by atoms with Crippen LogP contribution in [-0.2, 0) is 40.0 Å². The van der Waals surface area contributed by atoms with Crippen molar-refractivity contribution in [1.82, 2.24) is 35.2 Å². The van der Waals surface area contributed by atoms with E-state index in [9.17, 15) is 38.7 Å². The zero-order chi connectivity index (χ0) is 51.9. The van der Waals surface area contributed by atoms with Gasteiger partial charge in [-0.15, -0.1) is 23.7 Å². The van der Waals surface area contributed by atoms with E-state index in [0.717, 1.165) is 33.8 Å². The quantitative estimate of drug-likeness (QED) is 0.107. The van der Waals surface area contributed by atoms with Gasteiger partial charge in [-0.1, -0.05) is 51.1 Å². The second-order valence-electron chi connectivity index (χ2n) is 19.6. The van der Waals surface area contributed by atoms with Crippen molar-refractivity contribution in [1.29, 1.82) is 0 Å². The van der Waals surface area contributed by atoms with Gasteiger partial charge < -0.3 is 46.6 Å². The maximum atomic E-state index is 16.1. The highest BCUT2D eigenvalue weighted by molar-refractivity contribution is 7.13. The molecule has 6 rings (SSSR count). The van der Waals surface area contributed by atoms with Gasteiger partial charge in [0.05, 0.1) is 34.3 Å². The van der Waals surface area contributed by atoms with Crippen molar-refractivity contribution in [2.24, 2.45) is 16.9 Å². The van der Waals surface area contributed by atoms with Gasteiger partial charge in [0.2, 0.25) is 41.9 Å². The molecule has 1 aromatic heterocycles. The molecule has 0 bridgehead atoms. The molecule has 0 radical (unpaired) electrons. The van der Waals surface area contributed by atoms with E-state index in [0.29, 0.717) is 25.1 Å². The topological polar surface area (TPSA) is 251 Å². The normalized spacial score (nSPS) is 20.2. The maximum Gasteiger partial charge on any atom is 0.247 e. The van der Waals surface area contributed by atoms with Crippen LogP contribution in [0.5, 0.6) is 5.75 Å². The van der Waals surface area contributed by atoms with E-state index in [1.165, 1.54) is 37.9 Å². The summed E-state index contributed by atoms with van der Waals surface area (Å²) in [4.78, 5) is 103. The number of aryl methyl sites for hydroxylation is 2. The standard InChI is InChI=1S/C50H65F2N9O9S.ClH/c1-28(31-10-12-32(13-11-31)45-29(2)55-26-71-45)56-47(67)39-22-37(64)23-59(39)49(69)46(50(4,5)6)57-42(66)9-7-8-33-20-34(51)21-40(44(33)52)70-25-36(14-16-41(54)65)60(27-62)43-17-15-35-18-19-58(30(3)63)24-38(53)48(68)61(35)43;/h10-13,15,20-21,26-28,36-39,43,46,64H,7-9,14,16-19,22-25,53H2,1-6H3,(H2,54,65)(H,56,67)(H,57,66);1H/t28-,36-,37+,38-,39-,43-,46+;/m0./s1. The van der Waals surface area contributed by atoms with E-state index in [-0.39, 0.29) is 81.9 Å². The molecule has 18 nitrogen and oxygen atoms in total. The number of nitrogens with two attached hydrogens (primary N) is 2. The number of aliphatic hydroxyl groups is 1. The molecule has 7 atom stereocenters. The Balaban J connectivity index is 0.00000963. The Morgan fingerprint density at radius 3 is 2.42 bits per heavy atom. The third kappa shape index (κ3) is 13.7. The molecule has 0 unspecified atom stereocenters. The first-order chi connectivity index (χ1) is 33.6. The third-order valence-electron chi connectivity index (χ3n) is 13.3. The van der Waals surface area contributed by atoms with E-state index in [4.69, 9.17) is 16.2 Å². The second kappa shape index (κ2) is 24.6. The summed E-state index contributed by atoms with van der Waals surface area (Å²) < 4.78 is 37.0.